The molecule has 0 aliphatic carbocycles. The number of nitrogens with two attached hydrogens (primary N) is 1. The van der Waals surface area contributed by atoms with Crippen molar-refractivity contribution in [1.29, 1.82) is 0 Å². The lowest BCUT2D eigenvalue weighted by Gasteiger charge is -2.29. The Labute approximate surface area is 162 Å². The van der Waals surface area contributed by atoms with Crippen molar-refractivity contribution in [3.63, 3.8) is 0 Å². The van der Waals surface area contributed by atoms with Gasteiger partial charge in [0.2, 0.25) is 0 Å². The number of nitrogens with zero attached hydrogens (tertiary/aromatic N) is 1. The fraction of sp³-hybridized carbons (Fsp3) is 0.435. The van der Waals surface area contributed by atoms with Gasteiger partial charge in [-0.3, -0.25) is 0 Å². The Balaban J connectivity index is 1.69. The number of hydrogen-bond donors (Lipinski definition) is 1. The predicted octanol–water partition coefficient (Wildman–Crippen LogP) is 4.21. The number of carbonyl (C=O) groups is 1. The second-order valence-electron chi connectivity index (χ2n) is 8.16. The second kappa shape index (κ2) is 8.57. The van der Waals surface area contributed by atoms with Gasteiger partial charge in [0.25, 0.3) is 0 Å². The highest BCUT2D eigenvalue weighted by Crippen LogP contribution is 2.38. The van der Waals surface area contributed by atoms with Crippen LogP contribution in [0.5, 0.6) is 0 Å². The minimum absolute atomic E-state index is 0.428. The average Bonchev–Trinajstić information content (AvgIpc) is 3.02. The molecule has 144 valence electrons. The molecule has 2 unspecified atom stereocenters. The minimum atomic E-state index is -0.699. The van der Waals surface area contributed by atoms with Crippen LogP contribution in [0.25, 0.3) is 0 Å². The molecule has 27 heavy (non-hydrogen) atoms. The summed E-state index contributed by atoms with van der Waals surface area (Å²) in [5.41, 5.74) is 7.44. The number of ether oxygens (including phenoxy) is 1. The molecule has 1 fully saturated rings. The zero-order valence-corrected chi connectivity index (χ0v) is 16.3. The topological polar surface area (TPSA) is 55.6 Å². The number of likely N-dealkylation sites (tertiary alicyclic amines) is 1. The van der Waals surface area contributed by atoms with E-state index in [2.05, 4.69) is 65.6 Å². The number of primary amides is 1. The molecule has 0 saturated carbocycles. The van der Waals surface area contributed by atoms with E-state index in [1.165, 1.54) is 11.1 Å². The molecule has 0 radical (unpaired) electrons. The van der Waals surface area contributed by atoms with E-state index < -0.39 is 11.7 Å². The van der Waals surface area contributed by atoms with Gasteiger partial charge in [0, 0.05) is 25.6 Å². The van der Waals surface area contributed by atoms with Gasteiger partial charge in [0.1, 0.15) is 5.60 Å². The third kappa shape index (κ3) is 5.57. The first-order chi connectivity index (χ1) is 12.9. The summed E-state index contributed by atoms with van der Waals surface area (Å²) in [5.74, 6) is 0.871. The molecule has 1 amide bonds. The van der Waals surface area contributed by atoms with Gasteiger partial charge >= 0.3 is 6.09 Å². The quantitative estimate of drug-likeness (QED) is 0.799. The second-order valence-corrected chi connectivity index (χ2v) is 8.16. The number of hydrogen-bond acceptors (Lipinski definition) is 3. The molecule has 4 nitrogen and oxygen atoms in total. The summed E-state index contributed by atoms with van der Waals surface area (Å²) < 4.78 is 5.37. The van der Waals surface area contributed by atoms with Gasteiger partial charge in [0.15, 0.2) is 0 Å². The van der Waals surface area contributed by atoms with E-state index in [4.69, 9.17) is 10.5 Å². The highest BCUT2D eigenvalue weighted by molar-refractivity contribution is 5.65. The molecule has 1 saturated heterocycles. The Bertz CT molecular complexity index is 731. The zero-order valence-electron chi connectivity index (χ0n) is 16.3. The summed E-state index contributed by atoms with van der Waals surface area (Å²) in [7, 11) is 0. The summed E-state index contributed by atoms with van der Waals surface area (Å²) in [6.07, 6.45) is 1.16. The Kier molecular flexibility index (Phi) is 6.17. The molecule has 2 aromatic rings. The molecule has 3 rings (SSSR count). The Hall–Kier alpha value is -2.33. The number of carbonyl (C=O) groups excluding carboxylic acids is 1. The smallest absolute Gasteiger partial charge is 0.405 e. The molecule has 0 spiro atoms. The first-order valence-electron chi connectivity index (χ1n) is 9.72. The van der Waals surface area contributed by atoms with Crippen molar-refractivity contribution in [1.82, 2.24) is 4.90 Å². The largest absolute Gasteiger partial charge is 0.444 e. The first kappa shape index (κ1) is 19.4. The van der Waals surface area contributed by atoms with Crippen LogP contribution < -0.4 is 5.73 Å². The molecule has 0 bridgehead atoms. The highest BCUT2D eigenvalue weighted by Gasteiger charge is 2.38. The van der Waals surface area contributed by atoms with E-state index in [1.807, 2.05) is 13.8 Å². The Morgan fingerprint density at radius 3 is 2.33 bits per heavy atom. The van der Waals surface area contributed by atoms with Gasteiger partial charge in [-0.2, -0.15) is 0 Å². The molecular formula is C23H30N2O2. The maximum absolute atomic E-state index is 11.3. The van der Waals surface area contributed by atoms with Crippen molar-refractivity contribution in [3.8, 4) is 0 Å². The summed E-state index contributed by atoms with van der Waals surface area (Å²) in [6, 6.07) is 21.3. The SMILES string of the molecule is CC(C)(CC1CN(CCc2ccccc2)CC1c1ccccc1)OC(N)=O. The molecule has 1 aliphatic rings. The molecule has 2 aromatic carbocycles. The lowest BCUT2D eigenvalue weighted by atomic mass is 9.82. The van der Waals surface area contributed by atoms with Crippen LogP contribution in [0, 0.1) is 5.92 Å². The van der Waals surface area contributed by atoms with Gasteiger partial charge in [-0.25, -0.2) is 4.79 Å². The van der Waals surface area contributed by atoms with Crippen LogP contribution >= 0.6 is 0 Å². The Morgan fingerprint density at radius 1 is 1.07 bits per heavy atom. The lowest BCUT2D eigenvalue weighted by Crippen LogP contribution is -2.35. The van der Waals surface area contributed by atoms with Crippen molar-refractivity contribution in [2.75, 3.05) is 19.6 Å². The van der Waals surface area contributed by atoms with Gasteiger partial charge < -0.3 is 15.4 Å². The van der Waals surface area contributed by atoms with Crippen LogP contribution in [0.4, 0.5) is 4.79 Å². The monoisotopic (exact) mass is 366 g/mol. The summed E-state index contributed by atoms with van der Waals surface area (Å²) in [4.78, 5) is 13.8. The highest BCUT2D eigenvalue weighted by atomic mass is 16.6. The standard InChI is InChI=1S/C23H30N2O2/c1-23(2,27-22(24)26)15-20-16-25(14-13-18-9-5-3-6-10-18)17-21(20)19-11-7-4-8-12-19/h3-12,20-21H,13-17H2,1-2H3,(H2,24,26). The Morgan fingerprint density at radius 2 is 1.70 bits per heavy atom. The van der Waals surface area contributed by atoms with E-state index in [-0.39, 0.29) is 0 Å². The summed E-state index contributed by atoms with van der Waals surface area (Å²) >= 11 is 0. The van der Waals surface area contributed by atoms with Crippen molar-refractivity contribution >= 4 is 6.09 Å². The number of amides is 1. The van der Waals surface area contributed by atoms with Gasteiger partial charge in [-0.15, -0.1) is 0 Å². The van der Waals surface area contributed by atoms with Crippen LogP contribution in [0.3, 0.4) is 0 Å². The molecule has 2 atom stereocenters. The molecular weight excluding hydrogens is 336 g/mol. The third-order valence-electron chi connectivity index (χ3n) is 5.43. The molecule has 2 N–H and O–H groups in total. The van der Waals surface area contributed by atoms with E-state index in [0.717, 1.165) is 32.5 Å². The minimum Gasteiger partial charge on any atom is -0.444 e. The van der Waals surface area contributed by atoms with Crippen molar-refractivity contribution in [2.45, 2.75) is 38.2 Å². The molecule has 0 aromatic heterocycles. The number of rotatable bonds is 7. The summed E-state index contributed by atoms with van der Waals surface area (Å²) in [6.45, 7) is 6.99. The van der Waals surface area contributed by atoms with Crippen LogP contribution in [0.2, 0.25) is 0 Å². The van der Waals surface area contributed by atoms with Gasteiger partial charge in [0.05, 0.1) is 0 Å². The van der Waals surface area contributed by atoms with E-state index in [1.54, 1.807) is 0 Å². The fourth-order valence-electron chi connectivity index (χ4n) is 4.31. The van der Waals surface area contributed by atoms with Crippen molar-refractivity contribution in [2.24, 2.45) is 11.7 Å². The maximum Gasteiger partial charge on any atom is 0.405 e. The normalized spacial score (nSPS) is 20.5. The van der Waals surface area contributed by atoms with Crippen LogP contribution in [0.1, 0.15) is 37.3 Å². The molecule has 4 heteroatoms. The average molecular weight is 367 g/mol. The third-order valence-corrected chi connectivity index (χ3v) is 5.43. The van der Waals surface area contributed by atoms with Gasteiger partial charge in [-0.1, -0.05) is 60.7 Å². The molecule has 1 heterocycles. The maximum atomic E-state index is 11.3. The van der Waals surface area contributed by atoms with Gasteiger partial charge in [-0.05, 0) is 43.7 Å². The van der Waals surface area contributed by atoms with Crippen LogP contribution in [0.15, 0.2) is 60.7 Å². The lowest BCUT2D eigenvalue weighted by molar-refractivity contribution is 0.0258. The van der Waals surface area contributed by atoms with E-state index >= 15 is 0 Å². The van der Waals surface area contributed by atoms with Crippen molar-refractivity contribution in [3.05, 3.63) is 71.8 Å². The fourth-order valence-corrected chi connectivity index (χ4v) is 4.31. The van der Waals surface area contributed by atoms with Crippen LogP contribution in [-0.4, -0.2) is 36.2 Å². The van der Waals surface area contributed by atoms with E-state index in [9.17, 15) is 4.79 Å². The van der Waals surface area contributed by atoms with E-state index in [0.29, 0.717) is 11.8 Å². The molecule has 1 aliphatic heterocycles. The summed E-state index contributed by atoms with van der Waals surface area (Å²) in [5, 5.41) is 0. The zero-order chi connectivity index (χ0) is 19.3. The number of benzene rings is 2. The first-order valence-corrected chi connectivity index (χ1v) is 9.72. The van der Waals surface area contributed by atoms with Crippen LogP contribution in [-0.2, 0) is 11.2 Å². The predicted molar refractivity (Wildman–Crippen MR) is 109 cm³/mol. The van der Waals surface area contributed by atoms with Crippen molar-refractivity contribution < 1.29 is 9.53 Å².